The molecule has 0 radical (unpaired) electrons. The highest BCUT2D eigenvalue weighted by Crippen LogP contribution is 2.57. The van der Waals surface area contributed by atoms with Crippen molar-refractivity contribution in [3.8, 4) is 0 Å². The fourth-order valence-corrected chi connectivity index (χ4v) is 5.14. The molecule has 0 aromatic carbocycles. The first-order chi connectivity index (χ1) is 8.60. The molecule has 19 heavy (non-hydrogen) atoms. The van der Waals surface area contributed by atoms with Crippen LogP contribution in [0.1, 0.15) is 27.7 Å². The second kappa shape index (κ2) is 10.0. The van der Waals surface area contributed by atoms with Gasteiger partial charge in [0.2, 0.25) is 0 Å². The number of hydrogen-bond acceptors (Lipinski definition) is 5. The van der Waals surface area contributed by atoms with Gasteiger partial charge in [0, 0.05) is 26.2 Å². The van der Waals surface area contributed by atoms with Crippen LogP contribution in [-0.2, 0) is 14.6 Å². The van der Waals surface area contributed by atoms with Gasteiger partial charge in [0.1, 0.15) is 7.56 Å². The maximum Gasteiger partial charge on any atom is 0.397 e. The van der Waals surface area contributed by atoms with Crippen LogP contribution in [0.25, 0.3) is 0 Å². The Balaban J connectivity index is 0. The Kier molecular flexibility index (Phi) is 11.3. The molecule has 8 heteroatoms. The molecule has 0 heterocycles. The fraction of sp³-hybridized carbons (Fsp3) is 1.00. The van der Waals surface area contributed by atoms with Gasteiger partial charge in [-0.1, -0.05) is 0 Å². The van der Waals surface area contributed by atoms with E-state index < -0.39 is 18.0 Å². The summed E-state index contributed by atoms with van der Waals surface area (Å²) in [5.41, 5.74) is 0. The van der Waals surface area contributed by atoms with Crippen LogP contribution in [0.4, 0.5) is 0 Å². The summed E-state index contributed by atoms with van der Waals surface area (Å²) >= 11 is 0. The van der Waals surface area contributed by atoms with Crippen molar-refractivity contribution in [2.24, 2.45) is 0 Å². The van der Waals surface area contributed by atoms with E-state index in [2.05, 4.69) is 54.5 Å². The highest BCUT2D eigenvalue weighted by molar-refractivity contribution is 7.80. The topological polar surface area (TPSA) is 70.1 Å². The molecule has 0 saturated heterocycles. The van der Waals surface area contributed by atoms with Gasteiger partial charge in [-0.3, -0.25) is 8.74 Å². The molecule has 0 aromatic heterocycles. The van der Waals surface area contributed by atoms with Crippen molar-refractivity contribution in [1.29, 1.82) is 0 Å². The predicted molar refractivity (Wildman–Crippen MR) is 83.2 cm³/mol. The van der Waals surface area contributed by atoms with E-state index in [-0.39, 0.29) is 0 Å². The Bertz CT molecular complexity index is 301. The molecule has 0 aliphatic heterocycles. The van der Waals surface area contributed by atoms with Crippen LogP contribution in [0, 0.1) is 0 Å². The van der Waals surface area contributed by atoms with E-state index in [9.17, 15) is 8.42 Å². The number of hydrogen-bond donors (Lipinski definition) is 1. The molecule has 0 rings (SSSR count). The van der Waals surface area contributed by atoms with Gasteiger partial charge < -0.3 is 0 Å². The van der Waals surface area contributed by atoms with E-state index in [1.54, 1.807) is 0 Å². The van der Waals surface area contributed by atoms with Gasteiger partial charge in [-0.05, 0) is 27.7 Å². The van der Waals surface area contributed by atoms with Gasteiger partial charge >= 0.3 is 10.4 Å². The molecular formula is C11H30N2O4PS+. The summed E-state index contributed by atoms with van der Waals surface area (Å²) in [5, 5.41) is 0. The molecule has 0 aromatic rings. The number of rotatable bonds is 7. The van der Waals surface area contributed by atoms with Crippen LogP contribution in [0.15, 0.2) is 0 Å². The van der Waals surface area contributed by atoms with Gasteiger partial charge in [-0.25, -0.2) is 0 Å². The minimum absolute atomic E-state index is 0.870. The van der Waals surface area contributed by atoms with Gasteiger partial charge in [-0.2, -0.15) is 17.8 Å². The Hall–Kier alpha value is 0.220. The minimum Gasteiger partial charge on any atom is -0.264 e. The summed E-state index contributed by atoms with van der Waals surface area (Å²) < 4.78 is 34.9. The van der Waals surface area contributed by atoms with E-state index >= 15 is 0 Å². The molecule has 0 saturated carbocycles. The molecule has 0 atom stereocenters. The zero-order valence-electron chi connectivity index (χ0n) is 13.3. The lowest BCUT2D eigenvalue weighted by Crippen LogP contribution is -2.35. The third kappa shape index (κ3) is 8.89. The summed E-state index contributed by atoms with van der Waals surface area (Å²) in [6, 6.07) is 0. The smallest absolute Gasteiger partial charge is 0.264 e. The minimum atomic E-state index is -4.16. The molecule has 1 N–H and O–H groups in total. The number of nitrogens with zero attached hydrogens (tertiary/aromatic N) is 2. The lowest BCUT2D eigenvalue weighted by atomic mass is 10.7. The van der Waals surface area contributed by atoms with Crippen molar-refractivity contribution < 1.29 is 17.2 Å². The van der Waals surface area contributed by atoms with E-state index in [0.717, 1.165) is 7.11 Å². The predicted octanol–water partition coefficient (Wildman–Crippen LogP) is 2.21. The van der Waals surface area contributed by atoms with Crippen molar-refractivity contribution in [2.75, 3.05) is 46.6 Å². The van der Waals surface area contributed by atoms with E-state index in [0.29, 0.717) is 0 Å². The molecule has 0 amide bonds. The quantitative estimate of drug-likeness (QED) is 0.573. The Labute approximate surface area is 119 Å². The van der Waals surface area contributed by atoms with Crippen molar-refractivity contribution >= 4 is 18.0 Å². The van der Waals surface area contributed by atoms with Gasteiger partial charge in [0.05, 0.1) is 20.4 Å². The van der Waals surface area contributed by atoms with Gasteiger partial charge in [0.15, 0.2) is 0 Å². The SMILES string of the molecule is CCN(CC)[P+](C)(C)N(CC)CC.COS(=O)(=O)O. The summed E-state index contributed by atoms with van der Waals surface area (Å²) in [6.07, 6.45) is 0. The van der Waals surface area contributed by atoms with Gasteiger partial charge in [-0.15, -0.1) is 0 Å². The molecule has 6 nitrogen and oxygen atoms in total. The van der Waals surface area contributed by atoms with E-state index in [1.165, 1.54) is 26.2 Å². The van der Waals surface area contributed by atoms with Crippen molar-refractivity contribution in [3.63, 3.8) is 0 Å². The average molecular weight is 317 g/mol. The first kappa shape index (κ1) is 21.5. The van der Waals surface area contributed by atoms with Crippen molar-refractivity contribution in [3.05, 3.63) is 0 Å². The van der Waals surface area contributed by atoms with E-state index in [1.807, 2.05) is 0 Å². The lowest BCUT2D eigenvalue weighted by Gasteiger charge is -2.36. The monoisotopic (exact) mass is 317 g/mol. The first-order valence-electron chi connectivity index (χ1n) is 6.48. The summed E-state index contributed by atoms with van der Waals surface area (Å²) in [5.74, 6) is 0. The highest BCUT2D eigenvalue weighted by atomic mass is 32.3. The second-order valence-electron chi connectivity index (χ2n) is 4.21. The largest absolute Gasteiger partial charge is 0.397 e. The first-order valence-corrected chi connectivity index (χ1v) is 10.4. The third-order valence-corrected chi connectivity index (χ3v) is 7.38. The molecule has 118 valence electrons. The van der Waals surface area contributed by atoms with Gasteiger partial charge in [0.25, 0.3) is 0 Å². The van der Waals surface area contributed by atoms with Crippen LogP contribution < -0.4 is 0 Å². The van der Waals surface area contributed by atoms with Crippen LogP contribution in [-0.4, -0.2) is 68.9 Å². The highest BCUT2D eigenvalue weighted by Gasteiger charge is 2.37. The van der Waals surface area contributed by atoms with E-state index in [4.69, 9.17) is 4.55 Å². The van der Waals surface area contributed by atoms with Crippen molar-refractivity contribution in [1.82, 2.24) is 9.34 Å². The van der Waals surface area contributed by atoms with Crippen LogP contribution >= 0.6 is 7.56 Å². The molecule has 0 aliphatic rings. The standard InChI is InChI=1S/C10H26N2P.CH4O4S/c1-7-11(8-2)13(5,6)12(9-3)10-4;1-5-6(2,3)4/h7-10H2,1-6H3;1H3,(H,2,3,4)/q+1;. The lowest BCUT2D eigenvalue weighted by molar-refractivity contribution is 0.324. The normalized spacial score (nSPS) is 12.5. The summed E-state index contributed by atoms with van der Waals surface area (Å²) in [6.45, 7) is 18.6. The maximum absolute atomic E-state index is 9.33. The average Bonchev–Trinajstić information content (AvgIpc) is 2.31. The molecule has 0 bridgehead atoms. The molecule has 0 spiro atoms. The summed E-state index contributed by atoms with van der Waals surface area (Å²) in [4.78, 5) is 0. The third-order valence-electron chi connectivity index (χ3n) is 3.06. The molecule has 0 aliphatic carbocycles. The Morgan fingerprint density at radius 1 is 0.947 bits per heavy atom. The second-order valence-corrected chi connectivity index (χ2v) is 9.20. The molecule has 0 fully saturated rings. The zero-order chi connectivity index (χ0) is 15.7. The zero-order valence-corrected chi connectivity index (χ0v) is 15.0. The molecule has 0 unspecified atom stereocenters. The van der Waals surface area contributed by atoms with Crippen molar-refractivity contribution in [2.45, 2.75) is 27.7 Å². The summed E-state index contributed by atoms with van der Waals surface area (Å²) in [7, 11) is -4.29. The van der Waals surface area contributed by atoms with Crippen LogP contribution in [0.5, 0.6) is 0 Å². The Morgan fingerprint density at radius 3 is 1.26 bits per heavy atom. The van der Waals surface area contributed by atoms with Crippen LogP contribution in [0.2, 0.25) is 0 Å². The maximum atomic E-state index is 9.33. The van der Waals surface area contributed by atoms with Crippen LogP contribution in [0.3, 0.4) is 0 Å². The fourth-order valence-electron chi connectivity index (χ4n) is 2.01. The molecular weight excluding hydrogens is 287 g/mol. The Morgan fingerprint density at radius 2 is 1.16 bits per heavy atom.